The Morgan fingerprint density at radius 2 is 1.58 bits per heavy atom. The van der Waals surface area contributed by atoms with Gasteiger partial charge in [0.05, 0.1) is 32.9 Å². The van der Waals surface area contributed by atoms with Crippen LogP contribution in [0.4, 0.5) is 0 Å². The molecule has 2 aromatic rings. The lowest BCUT2D eigenvalue weighted by atomic mass is 9.94. The number of carbonyl (C=O) groups is 2. The fourth-order valence-electron chi connectivity index (χ4n) is 3.17. The van der Waals surface area contributed by atoms with Gasteiger partial charge in [-0.05, 0) is 36.4 Å². The molecule has 0 spiro atoms. The standard InChI is InChI=1S/C19H19NO6/c1-25-15-7-8-16(26-2)17-13(15)9-20(10-14(17)21)18(22)11-3-5-12(6-4-11)19(23)24/h3-8,14,21H,9-10H2,1-2H3,(H,23,24). The number of carboxylic acids is 1. The van der Waals surface area contributed by atoms with E-state index in [2.05, 4.69) is 0 Å². The molecule has 0 saturated heterocycles. The quantitative estimate of drug-likeness (QED) is 0.870. The van der Waals surface area contributed by atoms with Crippen LogP contribution in [0, 0.1) is 0 Å². The van der Waals surface area contributed by atoms with E-state index < -0.39 is 12.1 Å². The molecular formula is C19H19NO6. The highest BCUT2D eigenvalue weighted by Gasteiger charge is 2.32. The molecule has 7 nitrogen and oxygen atoms in total. The van der Waals surface area contributed by atoms with Gasteiger partial charge in [-0.15, -0.1) is 0 Å². The summed E-state index contributed by atoms with van der Waals surface area (Å²) in [5.74, 6) is -0.232. The average Bonchev–Trinajstić information content (AvgIpc) is 2.66. The summed E-state index contributed by atoms with van der Waals surface area (Å²) < 4.78 is 10.7. The summed E-state index contributed by atoms with van der Waals surface area (Å²) in [6.07, 6.45) is -0.911. The third-order valence-corrected chi connectivity index (χ3v) is 4.46. The van der Waals surface area contributed by atoms with Gasteiger partial charge in [0.1, 0.15) is 17.6 Å². The number of aliphatic hydroxyl groups is 1. The number of aliphatic hydroxyl groups excluding tert-OH is 1. The molecule has 1 amide bonds. The third kappa shape index (κ3) is 3.09. The second kappa shape index (κ2) is 7.05. The number of hydrogen-bond donors (Lipinski definition) is 2. The predicted molar refractivity (Wildman–Crippen MR) is 92.6 cm³/mol. The van der Waals surface area contributed by atoms with Gasteiger partial charge in [0.2, 0.25) is 0 Å². The van der Waals surface area contributed by atoms with Crippen molar-refractivity contribution in [3.8, 4) is 11.5 Å². The molecular weight excluding hydrogens is 338 g/mol. The number of rotatable bonds is 4. The maximum absolute atomic E-state index is 12.8. The Labute approximate surface area is 150 Å². The van der Waals surface area contributed by atoms with Crippen LogP contribution in [0.15, 0.2) is 36.4 Å². The summed E-state index contributed by atoms with van der Waals surface area (Å²) in [7, 11) is 3.05. The SMILES string of the molecule is COc1ccc(OC)c2c1CN(C(=O)c1ccc(C(=O)O)cc1)CC2O. The van der Waals surface area contributed by atoms with Crippen molar-refractivity contribution >= 4 is 11.9 Å². The van der Waals surface area contributed by atoms with E-state index in [0.29, 0.717) is 28.2 Å². The van der Waals surface area contributed by atoms with Crippen LogP contribution in [-0.2, 0) is 6.54 Å². The van der Waals surface area contributed by atoms with Crippen LogP contribution in [0.3, 0.4) is 0 Å². The highest BCUT2D eigenvalue weighted by Crippen LogP contribution is 2.39. The first-order chi connectivity index (χ1) is 12.5. The van der Waals surface area contributed by atoms with Crippen LogP contribution in [0.2, 0.25) is 0 Å². The summed E-state index contributed by atoms with van der Waals surface area (Å²) >= 11 is 0. The molecule has 3 rings (SSSR count). The highest BCUT2D eigenvalue weighted by atomic mass is 16.5. The van der Waals surface area contributed by atoms with Gasteiger partial charge in [0.25, 0.3) is 5.91 Å². The van der Waals surface area contributed by atoms with Gasteiger partial charge in [-0.3, -0.25) is 4.79 Å². The lowest BCUT2D eigenvalue weighted by molar-refractivity contribution is 0.0538. The van der Waals surface area contributed by atoms with E-state index in [1.165, 1.54) is 43.4 Å². The minimum atomic E-state index is -1.05. The second-order valence-corrected chi connectivity index (χ2v) is 5.95. The molecule has 1 aliphatic rings. The molecule has 7 heteroatoms. The number of amides is 1. The Kier molecular flexibility index (Phi) is 4.81. The van der Waals surface area contributed by atoms with Crippen molar-refractivity contribution < 1.29 is 29.3 Å². The first-order valence-electron chi connectivity index (χ1n) is 8.00. The topological polar surface area (TPSA) is 96.3 Å². The van der Waals surface area contributed by atoms with Gasteiger partial charge in [-0.1, -0.05) is 0 Å². The number of ether oxygens (including phenoxy) is 2. The van der Waals surface area contributed by atoms with Gasteiger partial charge >= 0.3 is 5.97 Å². The monoisotopic (exact) mass is 357 g/mol. The van der Waals surface area contributed by atoms with Crippen molar-refractivity contribution in [2.45, 2.75) is 12.6 Å². The molecule has 1 atom stereocenters. The van der Waals surface area contributed by atoms with Crippen LogP contribution in [0.1, 0.15) is 37.9 Å². The minimum absolute atomic E-state index is 0.107. The summed E-state index contributed by atoms with van der Waals surface area (Å²) in [6, 6.07) is 9.16. The molecule has 0 fully saturated rings. The number of carboxylic acid groups (broad SMARTS) is 1. The van der Waals surface area contributed by atoms with E-state index >= 15 is 0 Å². The zero-order chi connectivity index (χ0) is 18.8. The minimum Gasteiger partial charge on any atom is -0.496 e. The van der Waals surface area contributed by atoms with E-state index in [1.54, 1.807) is 12.1 Å². The van der Waals surface area contributed by atoms with Crippen LogP contribution in [0.5, 0.6) is 11.5 Å². The Bertz CT molecular complexity index is 846. The molecule has 1 unspecified atom stereocenters. The number of β-amino-alcohol motifs (C(OH)–C–C–N with tert-alkyl or cyclic N) is 1. The van der Waals surface area contributed by atoms with Crippen molar-refractivity contribution in [1.82, 2.24) is 4.90 Å². The normalized spacial score (nSPS) is 16.0. The van der Waals surface area contributed by atoms with Gasteiger partial charge in [-0.25, -0.2) is 4.79 Å². The van der Waals surface area contributed by atoms with E-state index in [4.69, 9.17) is 14.6 Å². The number of hydrogen-bond acceptors (Lipinski definition) is 5. The van der Waals surface area contributed by atoms with Crippen LogP contribution in [0.25, 0.3) is 0 Å². The Hall–Kier alpha value is -3.06. The largest absolute Gasteiger partial charge is 0.496 e. The molecule has 0 radical (unpaired) electrons. The van der Waals surface area contributed by atoms with Gasteiger partial charge < -0.3 is 24.6 Å². The van der Waals surface area contributed by atoms with E-state index in [0.717, 1.165) is 0 Å². The molecule has 1 aliphatic heterocycles. The Morgan fingerprint density at radius 1 is 1.00 bits per heavy atom. The first-order valence-corrected chi connectivity index (χ1v) is 8.00. The van der Waals surface area contributed by atoms with Gasteiger partial charge in [0, 0.05) is 16.7 Å². The molecule has 136 valence electrons. The summed E-state index contributed by atoms with van der Waals surface area (Å²) in [6.45, 7) is 0.363. The molecule has 2 aromatic carbocycles. The maximum Gasteiger partial charge on any atom is 0.335 e. The van der Waals surface area contributed by atoms with Crippen molar-refractivity contribution in [2.24, 2.45) is 0 Å². The summed E-state index contributed by atoms with van der Waals surface area (Å²) in [5, 5.41) is 19.5. The van der Waals surface area contributed by atoms with E-state index in [1.807, 2.05) is 0 Å². The third-order valence-electron chi connectivity index (χ3n) is 4.46. The van der Waals surface area contributed by atoms with Crippen LogP contribution in [-0.4, -0.2) is 47.8 Å². The summed E-state index contributed by atoms with van der Waals surface area (Å²) in [5.41, 5.74) is 1.78. The van der Waals surface area contributed by atoms with Crippen molar-refractivity contribution in [1.29, 1.82) is 0 Å². The molecule has 0 bridgehead atoms. The molecule has 0 aromatic heterocycles. The molecule has 2 N–H and O–H groups in total. The lowest BCUT2D eigenvalue weighted by Crippen LogP contribution is -2.38. The fraction of sp³-hybridized carbons (Fsp3) is 0.263. The zero-order valence-electron chi connectivity index (χ0n) is 14.4. The van der Waals surface area contributed by atoms with E-state index in [-0.39, 0.29) is 24.6 Å². The number of nitrogens with zero attached hydrogens (tertiary/aromatic N) is 1. The molecule has 0 aliphatic carbocycles. The maximum atomic E-state index is 12.8. The Balaban J connectivity index is 1.92. The predicted octanol–water partition coefficient (Wildman–Crippen LogP) is 2.09. The Morgan fingerprint density at radius 3 is 2.15 bits per heavy atom. The van der Waals surface area contributed by atoms with Crippen molar-refractivity contribution in [3.05, 3.63) is 58.7 Å². The van der Waals surface area contributed by atoms with Crippen molar-refractivity contribution in [3.63, 3.8) is 0 Å². The number of aromatic carboxylic acids is 1. The molecule has 1 heterocycles. The van der Waals surface area contributed by atoms with Gasteiger partial charge in [0.15, 0.2) is 0 Å². The second-order valence-electron chi connectivity index (χ2n) is 5.95. The smallest absolute Gasteiger partial charge is 0.335 e. The van der Waals surface area contributed by atoms with Gasteiger partial charge in [-0.2, -0.15) is 0 Å². The molecule has 26 heavy (non-hydrogen) atoms. The summed E-state index contributed by atoms with van der Waals surface area (Å²) in [4.78, 5) is 25.2. The fourth-order valence-corrected chi connectivity index (χ4v) is 3.17. The zero-order valence-corrected chi connectivity index (χ0v) is 14.4. The highest BCUT2D eigenvalue weighted by molar-refractivity contribution is 5.96. The lowest BCUT2D eigenvalue weighted by Gasteiger charge is -2.34. The van der Waals surface area contributed by atoms with Crippen molar-refractivity contribution in [2.75, 3.05) is 20.8 Å². The number of benzene rings is 2. The number of fused-ring (bicyclic) bond motifs is 1. The van der Waals surface area contributed by atoms with Crippen LogP contribution < -0.4 is 9.47 Å². The van der Waals surface area contributed by atoms with Crippen LogP contribution >= 0.6 is 0 Å². The number of methoxy groups -OCH3 is 2. The van der Waals surface area contributed by atoms with E-state index in [9.17, 15) is 14.7 Å². The first kappa shape index (κ1) is 17.8. The number of carbonyl (C=O) groups excluding carboxylic acids is 1. The molecule has 0 saturated carbocycles. The average molecular weight is 357 g/mol.